The molecule has 3 heteroatoms. The molecule has 1 rings (SSSR count). The average molecular weight is 306 g/mol. The molecule has 0 saturated heterocycles. The largest absolute Gasteiger partial charge is 0.392 e. The molecule has 0 fully saturated rings. The Morgan fingerprint density at radius 1 is 1.05 bits per heavy atom. The minimum Gasteiger partial charge on any atom is -0.392 e. The van der Waals surface area contributed by atoms with Gasteiger partial charge in [0.2, 0.25) is 0 Å². The molecule has 0 aliphatic heterocycles. The van der Waals surface area contributed by atoms with Crippen molar-refractivity contribution in [2.45, 2.75) is 64.8 Å². The number of aliphatic hydroxyl groups excluding tert-OH is 1. The van der Waals surface area contributed by atoms with Crippen molar-refractivity contribution in [1.82, 2.24) is 0 Å². The number of hydrogen-bond acceptors (Lipinski definition) is 1. The second kappa shape index (κ2) is 7.24. The van der Waals surface area contributed by atoms with Crippen LogP contribution in [-0.2, 0) is 6.61 Å². The highest BCUT2D eigenvalue weighted by molar-refractivity contribution is 6.90. The minimum atomic E-state index is -1.80. The van der Waals surface area contributed by atoms with Gasteiger partial charge in [0.15, 0.2) is 0 Å². The van der Waals surface area contributed by atoms with Crippen molar-refractivity contribution >= 4 is 8.07 Å². The number of halogens is 1. The first kappa shape index (κ1) is 17.9. The van der Waals surface area contributed by atoms with E-state index in [1.165, 1.54) is 12.1 Å². The molecule has 116 valence electrons. The summed E-state index contributed by atoms with van der Waals surface area (Å²) >= 11 is 0. The van der Waals surface area contributed by atoms with Gasteiger partial charge in [0, 0.05) is 5.56 Å². The minimum absolute atomic E-state index is 0.179. The van der Waals surface area contributed by atoms with Crippen LogP contribution in [0.5, 0.6) is 0 Å². The molecule has 0 bridgehead atoms. The van der Waals surface area contributed by atoms with Crippen molar-refractivity contribution < 1.29 is 9.50 Å². The molecular weight excluding hydrogens is 279 g/mol. The van der Waals surface area contributed by atoms with Gasteiger partial charge in [0.25, 0.3) is 0 Å². The SMILES string of the molecule is CC(C)[Si](C#Cc1ccc(F)cc1CO)(C(C)C)C(C)C. The van der Waals surface area contributed by atoms with Crippen LogP contribution in [0.1, 0.15) is 52.7 Å². The van der Waals surface area contributed by atoms with Gasteiger partial charge in [0.05, 0.1) is 6.61 Å². The van der Waals surface area contributed by atoms with Gasteiger partial charge in [-0.05, 0) is 40.4 Å². The molecule has 0 heterocycles. The van der Waals surface area contributed by atoms with Gasteiger partial charge in [-0.15, -0.1) is 5.54 Å². The van der Waals surface area contributed by atoms with Crippen LogP contribution >= 0.6 is 0 Å². The maximum atomic E-state index is 13.2. The van der Waals surface area contributed by atoms with E-state index in [2.05, 4.69) is 53.0 Å². The third kappa shape index (κ3) is 3.75. The Kier molecular flexibility index (Phi) is 6.19. The maximum absolute atomic E-state index is 13.2. The van der Waals surface area contributed by atoms with Gasteiger partial charge in [-0.25, -0.2) is 4.39 Å². The van der Waals surface area contributed by atoms with Crippen molar-refractivity contribution in [1.29, 1.82) is 0 Å². The smallest absolute Gasteiger partial charge is 0.146 e. The van der Waals surface area contributed by atoms with Gasteiger partial charge in [-0.3, -0.25) is 0 Å². The molecule has 1 aromatic carbocycles. The lowest BCUT2D eigenvalue weighted by Crippen LogP contribution is -2.43. The second-order valence-electron chi connectivity index (χ2n) is 6.61. The van der Waals surface area contributed by atoms with Crippen molar-refractivity contribution in [2.75, 3.05) is 0 Å². The fourth-order valence-electron chi connectivity index (χ4n) is 3.42. The van der Waals surface area contributed by atoms with E-state index in [9.17, 15) is 9.50 Å². The van der Waals surface area contributed by atoms with Crippen LogP contribution in [0.25, 0.3) is 0 Å². The van der Waals surface area contributed by atoms with E-state index in [4.69, 9.17) is 0 Å². The monoisotopic (exact) mass is 306 g/mol. The van der Waals surface area contributed by atoms with Crippen LogP contribution in [0.2, 0.25) is 16.6 Å². The van der Waals surface area contributed by atoms with Crippen LogP contribution < -0.4 is 0 Å². The van der Waals surface area contributed by atoms with Crippen molar-refractivity contribution in [2.24, 2.45) is 0 Å². The van der Waals surface area contributed by atoms with Gasteiger partial charge >= 0.3 is 0 Å². The Bertz CT molecular complexity index is 516. The first-order valence-corrected chi connectivity index (χ1v) is 9.91. The molecule has 0 aromatic heterocycles. The Morgan fingerprint density at radius 2 is 1.57 bits per heavy atom. The lowest BCUT2D eigenvalue weighted by Gasteiger charge is -2.38. The molecular formula is C18H27FOSi. The zero-order chi connectivity index (χ0) is 16.2. The van der Waals surface area contributed by atoms with E-state index < -0.39 is 8.07 Å². The fraction of sp³-hybridized carbons (Fsp3) is 0.556. The summed E-state index contributed by atoms with van der Waals surface area (Å²) in [7, 11) is -1.80. The van der Waals surface area contributed by atoms with E-state index >= 15 is 0 Å². The summed E-state index contributed by atoms with van der Waals surface area (Å²) in [5, 5.41) is 9.38. The van der Waals surface area contributed by atoms with Crippen molar-refractivity contribution in [3.8, 4) is 11.5 Å². The molecule has 0 saturated carbocycles. The van der Waals surface area contributed by atoms with Crippen LogP contribution in [0.3, 0.4) is 0 Å². The number of benzene rings is 1. The van der Waals surface area contributed by atoms with Gasteiger partial charge < -0.3 is 5.11 Å². The zero-order valence-corrected chi connectivity index (χ0v) is 15.0. The summed E-state index contributed by atoms with van der Waals surface area (Å²) in [6.45, 7) is 13.4. The first-order chi connectivity index (χ1) is 9.75. The molecule has 1 N–H and O–H groups in total. The Hall–Kier alpha value is -1.11. The highest BCUT2D eigenvalue weighted by Crippen LogP contribution is 2.40. The summed E-state index contributed by atoms with van der Waals surface area (Å²) in [5.41, 5.74) is 6.59. The van der Waals surface area contributed by atoms with E-state index in [-0.39, 0.29) is 12.4 Å². The third-order valence-electron chi connectivity index (χ3n) is 4.52. The number of aliphatic hydroxyl groups is 1. The van der Waals surface area contributed by atoms with Gasteiger partial charge in [-0.2, -0.15) is 0 Å². The molecule has 21 heavy (non-hydrogen) atoms. The average Bonchev–Trinajstić information content (AvgIpc) is 2.39. The Labute approximate surface area is 129 Å². The lowest BCUT2D eigenvalue weighted by atomic mass is 10.1. The van der Waals surface area contributed by atoms with E-state index in [1.54, 1.807) is 6.07 Å². The van der Waals surface area contributed by atoms with E-state index in [0.29, 0.717) is 22.2 Å². The van der Waals surface area contributed by atoms with Crippen molar-refractivity contribution in [3.05, 3.63) is 35.1 Å². The third-order valence-corrected chi connectivity index (χ3v) is 10.8. The highest BCUT2D eigenvalue weighted by Gasteiger charge is 2.41. The van der Waals surface area contributed by atoms with Crippen LogP contribution in [0, 0.1) is 17.3 Å². The molecule has 0 spiro atoms. The van der Waals surface area contributed by atoms with E-state index in [1.807, 2.05) is 0 Å². The standard InChI is InChI=1S/C18H27FOSi/c1-13(2)21(14(3)4,15(5)6)10-9-16-7-8-18(19)11-17(16)12-20/h7-8,11,13-15,20H,12H2,1-6H3. The Morgan fingerprint density at radius 3 is 2.00 bits per heavy atom. The molecule has 0 aliphatic rings. The highest BCUT2D eigenvalue weighted by atomic mass is 28.3. The predicted octanol–water partition coefficient (Wildman–Crippen LogP) is 4.89. The molecule has 1 nitrogen and oxygen atoms in total. The predicted molar refractivity (Wildman–Crippen MR) is 90.2 cm³/mol. The van der Waals surface area contributed by atoms with Gasteiger partial charge in [-0.1, -0.05) is 47.5 Å². The molecule has 0 unspecified atom stereocenters. The molecule has 0 atom stereocenters. The lowest BCUT2D eigenvalue weighted by molar-refractivity contribution is 0.281. The molecule has 0 amide bonds. The zero-order valence-electron chi connectivity index (χ0n) is 14.0. The van der Waals surface area contributed by atoms with E-state index in [0.717, 1.165) is 5.56 Å². The quantitative estimate of drug-likeness (QED) is 0.620. The number of rotatable bonds is 4. The number of hydrogen-bond donors (Lipinski definition) is 1. The molecule has 0 radical (unpaired) electrons. The molecule has 0 aliphatic carbocycles. The van der Waals surface area contributed by atoms with Crippen molar-refractivity contribution in [3.63, 3.8) is 0 Å². The second-order valence-corrected chi connectivity index (χ2v) is 12.2. The van der Waals surface area contributed by atoms with Crippen LogP contribution in [0.4, 0.5) is 4.39 Å². The summed E-state index contributed by atoms with van der Waals surface area (Å²) in [5.74, 6) is 2.93. The first-order valence-electron chi connectivity index (χ1n) is 7.68. The Balaban J connectivity index is 3.35. The topological polar surface area (TPSA) is 20.2 Å². The maximum Gasteiger partial charge on any atom is 0.146 e. The summed E-state index contributed by atoms with van der Waals surface area (Å²) in [4.78, 5) is 0. The van der Waals surface area contributed by atoms with Crippen LogP contribution in [-0.4, -0.2) is 13.2 Å². The molecule has 1 aromatic rings. The van der Waals surface area contributed by atoms with Crippen LogP contribution in [0.15, 0.2) is 18.2 Å². The normalized spacial score (nSPS) is 12.0. The summed E-state index contributed by atoms with van der Waals surface area (Å²) < 4.78 is 13.2. The summed E-state index contributed by atoms with van der Waals surface area (Å²) in [6, 6.07) is 4.45. The summed E-state index contributed by atoms with van der Waals surface area (Å²) in [6.07, 6.45) is 0. The van der Waals surface area contributed by atoms with Gasteiger partial charge in [0.1, 0.15) is 13.9 Å². The fourth-order valence-corrected chi connectivity index (χ4v) is 8.64.